The lowest BCUT2D eigenvalue weighted by atomic mass is 10.2. The molecule has 2 aromatic heterocycles. The molecule has 2 aromatic rings. The zero-order chi connectivity index (χ0) is 11.1. The van der Waals surface area contributed by atoms with Crippen LogP contribution >= 0.6 is 11.6 Å². The number of anilines is 1. The van der Waals surface area contributed by atoms with E-state index in [1.165, 1.54) is 19.2 Å². The predicted octanol–water partition coefficient (Wildman–Crippen LogP) is 2.18. The van der Waals surface area contributed by atoms with Crippen molar-refractivity contribution in [2.24, 2.45) is 0 Å². The summed E-state index contributed by atoms with van der Waals surface area (Å²) in [5.74, 6) is 0.392. The molecule has 84 valence electrons. The molecule has 0 radical (unpaired) electrons. The van der Waals surface area contributed by atoms with Crippen LogP contribution in [0.25, 0.3) is 11.2 Å². The van der Waals surface area contributed by atoms with Gasteiger partial charge >= 0.3 is 0 Å². The lowest BCUT2D eigenvalue weighted by Gasteiger charge is -2.12. The van der Waals surface area contributed by atoms with Crippen LogP contribution in [0, 0.1) is 0 Å². The summed E-state index contributed by atoms with van der Waals surface area (Å²) in [6, 6.07) is 0.409. The topological polar surface area (TPSA) is 69.6 Å². The van der Waals surface area contributed by atoms with E-state index in [0.29, 0.717) is 22.7 Å². The van der Waals surface area contributed by atoms with E-state index in [9.17, 15) is 0 Å². The molecular weight excluding hydrogens is 226 g/mol. The first-order valence-corrected chi connectivity index (χ1v) is 5.79. The lowest BCUT2D eigenvalue weighted by molar-refractivity contribution is 0.529. The molecule has 16 heavy (non-hydrogen) atoms. The van der Waals surface area contributed by atoms with Crippen molar-refractivity contribution in [2.45, 2.75) is 31.7 Å². The van der Waals surface area contributed by atoms with Gasteiger partial charge in [-0.2, -0.15) is 0 Å². The minimum Gasteiger partial charge on any atom is -0.382 e. The summed E-state index contributed by atoms with van der Waals surface area (Å²) < 4.78 is 1.99. The van der Waals surface area contributed by atoms with Crippen LogP contribution in [0.2, 0.25) is 5.28 Å². The average molecular weight is 238 g/mol. The predicted molar refractivity (Wildman–Crippen MR) is 62.3 cm³/mol. The molecule has 6 heteroatoms. The fourth-order valence-electron chi connectivity index (χ4n) is 2.39. The van der Waals surface area contributed by atoms with Gasteiger partial charge in [-0.1, -0.05) is 12.8 Å². The summed E-state index contributed by atoms with van der Waals surface area (Å²) in [5, 5.41) is 0.467. The van der Waals surface area contributed by atoms with Gasteiger partial charge in [0.05, 0.1) is 0 Å². The Bertz CT molecular complexity index is 529. The maximum absolute atomic E-state index is 6.15. The average Bonchev–Trinajstić information content (AvgIpc) is 2.85. The molecule has 2 N–H and O–H groups in total. The van der Waals surface area contributed by atoms with Gasteiger partial charge in [-0.25, -0.2) is 15.0 Å². The van der Waals surface area contributed by atoms with Crippen LogP contribution in [-0.4, -0.2) is 19.5 Å². The van der Waals surface area contributed by atoms with Crippen LogP contribution in [0.1, 0.15) is 31.7 Å². The third-order valence-corrected chi connectivity index (χ3v) is 3.42. The first-order chi connectivity index (χ1) is 7.77. The summed E-state index contributed by atoms with van der Waals surface area (Å²) in [7, 11) is 0. The molecule has 0 unspecified atom stereocenters. The number of imidazole rings is 1. The van der Waals surface area contributed by atoms with Gasteiger partial charge in [0.2, 0.25) is 5.28 Å². The van der Waals surface area contributed by atoms with Gasteiger partial charge in [-0.05, 0) is 24.4 Å². The van der Waals surface area contributed by atoms with Gasteiger partial charge in [0, 0.05) is 6.04 Å². The van der Waals surface area contributed by atoms with Crippen LogP contribution in [0.3, 0.4) is 0 Å². The third kappa shape index (κ3) is 1.35. The van der Waals surface area contributed by atoms with Crippen molar-refractivity contribution >= 4 is 28.6 Å². The summed E-state index contributed by atoms with van der Waals surface area (Å²) in [5.41, 5.74) is 7.12. The molecule has 1 fully saturated rings. The second kappa shape index (κ2) is 3.59. The largest absolute Gasteiger partial charge is 0.382 e. The number of hydrogen-bond donors (Lipinski definition) is 1. The quantitative estimate of drug-likeness (QED) is 0.772. The molecule has 0 aromatic carbocycles. The summed E-state index contributed by atoms with van der Waals surface area (Å²) in [4.78, 5) is 12.4. The number of aromatic nitrogens is 4. The second-order valence-electron chi connectivity index (χ2n) is 4.12. The molecule has 0 amide bonds. The Hall–Kier alpha value is -1.36. The molecule has 0 saturated heterocycles. The molecule has 0 spiro atoms. The maximum atomic E-state index is 6.15. The molecule has 1 aliphatic rings. The molecule has 0 aliphatic heterocycles. The van der Waals surface area contributed by atoms with Crippen LogP contribution in [0.5, 0.6) is 0 Å². The van der Waals surface area contributed by atoms with Crippen LogP contribution in [0.4, 0.5) is 5.82 Å². The van der Waals surface area contributed by atoms with E-state index >= 15 is 0 Å². The third-order valence-electron chi connectivity index (χ3n) is 3.15. The normalized spacial score (nSPS) is 17.3. The molecular formula is C10H12ClN5. The Morgan fingerprint density at radius 3 is 2.81 bits per heavy atom. The highest BCUT2D eigenvalue weighted by Gasteiger charge is 2.23. The SMILES string of the molecule is Nc1ncnc2c1nc(Cl)n2C1CCCC1. The second-order valence-corrected chi connectivity index (χ2v) is 4.46. The van der Waals surface area contributed by atoms with Crippen molar-refractivity contribution < 1.29 is 0 Å². The fourth-order valence-corrected chi connectivity index (χ4v) is 2.69. The van der Waals surface area contributed by atoms with E-state index in [2.05, 4.69) is 15.0 Å². The van der Waals surface area contributed by atoms with Gasteiger partial charge in [-0.15, -0.1) is 0 Å². The smallest absolute Gasteiger partial charge is 0.205 e. The Morgan fingerprint density at radius 2 is 2.06 bits per heavy atom. The fraction of sp³-hybridized carbons (Fsp3) is 0.500. The number of nitrogen functional groups attached to an aromatic ring is 1. The van der Waals surface area contributed by atoms with Crippen LogP contribution < -0.4 is 5.73 Å². The molecule has 1 aliphatic carbocycles. The van der Waals surface area contributed by atoms with Gasteiger partial charge in [0.15, 0.2) is 17.0 Å². The number of nitrogens with zero attached hydrogens (tertiary/aromatic N) is 4. The highest BCUT2D eigenvalue weighted by Crippen LogP contribution is 2.34. The van der Waals surface area contributed by atoms with E-state index < -0.39 is 0 Å². The van der Waals surface area contributed by atoms with Crippen LogP contribution in [-0.2, 0) is 0 Å². The van der Waals surface area contributed by atoms with E-state index in [1.807, 2.05) is 4.57 Å². The summed E-state index contributed by atoms with van der Waals surface area (Å²) >= 11 is 6.15. The van der Waals surface area contributed by atoms with Crippen molar-refractivity contribution in [3.8, 4) is 0 Å². The Balaban J connectivity index is 2.22. The van der Waals surface area contributed by atoms with Gasteiger partial charge in [-0.3, -0.25) is 4.57 Å². The molecule has 2 heterocycles. The van der Waals surface area contributed by atoms with Crippen molar-refractivity contribution in [1.29, 1.82) is 0 Å². The number of hydrogen-bond acceptors (Lipinski definition) is 4. The van der Waals surface area contributed by atoms with Crippen molar-refractivity contribution in [3.05, 3.63) is 11.6 Å². The number of nitrogens with two attached hydrogens (primary N) is 1. The minimum atomic E-state index is 0.392. The Labute approximate surface area is 97.7 Å². The lowest BCUT2D eigenvalue weighted by Crippen LogP contribution is -2.05. The highest BCUT2D eigenvalue weighted by atomic mass is 35.5. The highest BCUT2D eigenvalue weighted by molar-refractivity contribution is 6.29. The van der Waals surface area contributed by atoms with Gasteiger partial charge < -0.3 is 5.73 Å². The molecule has 1 saturated carbocycles. The molecule has 3 rings (SSSR count). The zero-order valence-corrected chi connectivity index (χ0v) is 9.48. The molecule has 0 atom stereocenters. The number of fused-ring (bicyclic) bond motifs is 1. The zero-order valence-electron chi connectivity index (χ0n) is 8.73. The summed E-state index contributed by atoms with van der Waals surface area (Å²) in [6.45, 7) is 0. The van der Waals surface area contributed by atoms with Crippen molar-refractivity contribution in [3.63, 3.8) is 0 Å². The van der Waals surface area contributed by atoms with Gasteiger partial charge in [0.25, 0.3) is 0 Å². The Kier molecular flexibility index (Phi) is 2.21. The van der Waals surface area contributed by atoms with Crippen molar-refractivity contribution in [1.82, 2.24) is 19.5 Å². The van der Waals surface area contributed by atoms with Gasteiger partial charge in [0.1, 0.15) is 6.33 Å². The first kappa shape index (κ1) is 9.84. The van der Waals surface area contributed by atoms with E-state index in [4.69, 9.17) is 17.3 Å². The van der Waals surface area contributed by atoms with Crippen LogP contribution in [0.15, 0.2) is 6.33 Å². The van der Waals surface area contributed by atoms with E-state index in [1.54, 1.807) is 0 Å². The minimum absolute atomic E-state index is 0.392. The molecule has 0 bridgehead atoms. The summed E-state index contributed by atoms with van der Waals surface area (Å²) in [6.07, 6.45) is 6.20. The number of halogens is 1. The van der Waals surface area contributed by atoms with E-state index in [0.717, 1.165) is 18.5 Å². The standard InChI is InChI=1S/C10H12ClN5/c11-10-15-7-8(12)13-5-14-9(7)16(10)6-3-1-2-4-6/h5-6H,1-4H2,(H2,12,13,14). The maximum Gasteiger partial charge on any atom is 0.205 e. The van der Waals surface area contributed by atoms with E-state index in [-0.39, 0.29) is 0 Å². The van der Waals surface area contributed by atoms with Crippen molar-refractivity contribution in [2.75, 3.05) is 5.73 Å². The first-order valence-electron chi connectivity index (χ1n) is 5.41. The Morgan fingerprint density at radius 1 is 1.31 bits per heavy atom. The number of rotatable bonds is 1. The monoisotopic (exact) mass is 237 g/mol. The molecule has 5 nitrogen and oxygen atoms in total.